The molecule has 2 heterocycles. The number of benzene rings is 2. The Morgan fingerprint density at radius 3 is 2.93 bits per heavy atom. The number of hydrogen-bond donors (Lipinski definition) is 0. The molecular weight excluding hydrogens is 367 g/mol. The number of rotatable bonds is 4. The van der Waals surface area contributed by atoms with Crippen LogP contribution in [0, 0.1) is 18.7 Å². The monoisotopic (exact) mass is 384 g/mol. The first-order chi connectivity index (χ1) is 13.0. The van der Waals surface area contributed by atoms with Crippen molar-refractivity contribution >= 4 is 39.1 Å². The van der Waals surface area contributed by atoms with Crippen LogP contribution in [-0.2, 0) is 20.9 Å². The van der Waals surface area contributed by atoms with Crippen LogP contribution in [0.4, 0.5) is 10.1 Å². The van der Waals surface area contributed by atoms with Crippen molar-refractivity contribution < 1.29 is 18.7 Å². The van der Waals surface area contributed by atoms with Crippen LogP contribution in [-0.4, -0.2) is 23.4 Å². The fourth-order valence-corrected chi connectivity index (χ4v) is 3.98. The molecule has 0 N–H and O–H groups in total. The molecule has 2 aromatic carbocycles. The van der Waals surface area contributed by atoms with Gasteiger partial charge in [0.25, 0.3) is 0 Å². The Kier molecular flexibility index (Phi) is 4.61. The molecule has 0 radical (unpaired) electrons. The lowest BCUT2D eigenvalue weighted by Crippen LogP contribution is -2.26. The van der Waals surface area contributed by atoms with E-state index < -0.39 is 11.9 Å². The smallest absolute Gasteiger partial charge is 0.311 e. The summed E-state index contributed by atoms with van der Waals surface area (Å²) < 4.78 is 20.2. The number of amides is 1. The van der Waals surface area contributed by atoms with Crippen LogP contribution in [0.15, 0.2) is 42.5 Å². The Morgan fingerprint density at radius 2 is 2.15 bits per heavy atom. The number of aryl methyl sites for hydroxylation is 1. The molecule has 0 saturated carbocycles. The second kappa shape index (κ2) is 7.08. The molecule has 1 aromatic heterocycles. The van der Waals surface area contributed by atoms with Gasteiger partial charge < -0.3 is 9.64 Å². The first-order valence-corrected chi connectivity index (χ1v) is 9.40. The zero-order valence-electron chi connectivity index (χ0n) is 14.6. The molecule has 1 aliphatic rings. The van der Waals surface area contributed by atoms with Gasteiger partial charge >= 0.3 is 5.97 Å². The van der Waals surface area contributed by atoms with E-state index in [1.54, 1.807) is 19.1 Å². The fraction of sp³-hybridized carbons (Fsp3) is 0.250. The molecule has 3 aromatic rings. The van der Waals surface area contributed by atoms with E-state index in [4.69, 9.17) is 4.74 Å². The average Bonchev–Trinajstić information content (AvgIpc) is 3.25. The number of esters is 1. The molecule has 138 valence electrons. The van der Waals surface area contributed by atoms with E-state index in [1.165, 1.54) is 22.3 Å². The maximum Gasteiger partial charge on any atom is 0.311 e. The van der Waals surface area contributed by atoms with Crippen molar-refractivity contribution in [2.45, 2.75) is 20.0 Å². The summed E-state index contributed by atoms with van der Waals surface area (Å²) in [6.45, 7) is 1.94. The topological polar surface area (TPSA) is 59.5 Å². The minimum Gasteiger partial charge on any atom is -0.458 e. The number of thiazole rings is 1. The molecule has 1 fully saturated rings. The van der Waals surface area contributed by atoms with Crippen molar-refractivity contribution in [1.29, 1.82) is 0 Å². The number of ether oxygens (including phenoxy) is 1. The van der Waals surface area contributed by atoms with Gasteiger partial charge in [-0.3, -0.25) is 9.59 Å². The van der Waals surface area contributed by atoms with E-state index in [-0.39, 0.29) is 31.3 Å². The molecule has 5 nitrogen and oxygen atoms in total. The molecule has 0 spiro atoms. The van der Waals surface area contributed by atoms with Gasteiger partial charge in [0.05, 0.1) is 16.1 Å². The molecule has 1 saturated heterocycles. The summed E-state index contributed by atoms with van der Waals surface area (Å²) in [5, 5.41) is 0.714. The summed E-state index contributed by atoms with van der Waals surface area (Å²) in [5.74, 6) is -1.57. The third kappa shape index (κ3) is 3.55. The van der Waals surface area contributed by atoms with Crippen molar-refractivity contribution in [2.75, 3.05) is 11.4 Å². The molecule has 1 atom stereocenters. The number of nitrogens with zero attached hydrogens (tertiary/aromatic N) is 2. The second-order valence-electron chi connectivity index (χ2n) is 6.52. The van der Waals surface area contributed by atoms with Crippen LogP contribution < -0.4 is 4.90 Å². The number of aromatic nitrogens is 1. The largest absolute Gasteiger partial charge is 0.458 e. The summed E-state index contributed by atoms with van der Waals surface area (Å²) >= 11 is 1.48. The van der Waals surface area contributed by atoms with Crippen molar-refractivity contribution in [2.24, 2.45) is 5.92 Å². The maximum absolute atomic E-state index is 13.8. The average molecular weight is 384 g/mol. The highest BCUT2D eigenvalue weighted by Crippen LogP contribution is 2.28. The molecule has 0 aliphatic carbocycles. The van der Waals surface area contributed by atoms with E-state index in [9.17, 15) is 14.0 Å². The third-order valence-electron chi connectivity index (χ3n) is 4.60. The Labute approximate surface area is 159 Å². The highest BCUT2D eigenvalue weighted by molar-refractivity contribution is 7.18. The van der Waals surface area contributed by atoms with Crippen LogP contribution in [0.1, 0.15) is 17.0 Å². The van der Waals surface area contributed by atoms with Gasteiger partial charge in [0.1, 0.15) is 17.4 Å². The quantitative estimate of drug-likeness (QED) is 0.642. The number of carbonyl (C=O) groups excluding carboxylic acids is 2. The molecular formula is C20H17FN2O3S. The number of fused-ring (bicyclic) bond motifs is 1. The van der Waals surface area contributed by atoms with Gasteiger partial charge in [-0.15, -0.1) is 11.3 Å². The summed E-state index contributed by atoms with van der Waals surface area (Å²) in [5.41, 5.74) is 1.85. The normalized spacial score (nSPS) is 16.9. The minimum atomic E-state index is -0.559. The van der Waals surface area contributed by atoms with Gasteiger partial charge in [-0.1, -0.05) is 18.2 Å². The SMILES string of the molecule is Cc1ccc(N2C[C@@H](C(=O)OCc3nc4ccccc4s3)CC2=O)cc1F. The number of anilines is 1. The maximum atomic E-state index is 13.8. The third-order valence-corrected chi connectivity index (χ3v) is 5.61. The number of halogens is 1. The van der Waals surface area contributed by atoms with Gasteiger partial charge in [0.2, 0.25) is 5.91 Å². The molecule has 27 heavy (non-hydrogen) atoms. The highest BCUT2D eigenvalue weighted by atomic mass is 32.1. The van der Waals surface area contributed by atoms with Gasteiger partial charge in [0, 0.05) is 18.7 Å². The first-order valence-electron chi connectivity index (χ1n) is 8.59. The molecule has 4 rings (SSSR count). The van der Waals surface area contributed by atoms with Crippen LogP contribution in [0.3, 0.4) is 0 Å². The summed E-state index contributed by atoms with van der Waals surface area (Å²) in [7, 11) is 0. The molecule has 1 amide bonds. The van der Waals surface area contributed by atoms with Gasteiger partial charge in [-0.25, -0.2) is 9.37 Å². The van der Waals surface area contributed by atoms with E-state index in [0.29, 0.717) is 16.3 Å². The van der Waals surface area contributed by atoms with Crippen molar-refractivity contribution in [3.63, 3.8) is 0 Å². The summed E-state index contributed by atoms with van der Waals surface area (Å²) in [6.07, 6.45) is 0.0637. The lowest BCUT2D eigenvalue weighted by Gasteiger charge is -2.17. The second-order valence-corrected chi connectivity index (χ2v) is 7.64. The fourth-order valence-electron chi connectivity index (χ4n) is 3.10. The molecule has 0 bridgehead atoms. The Balaban J connectivity index is 1.40. The zero-order chi connectivity index (χ0) is 19.0. The summed E-state index contributed by atoms with van der Waals surface area (Å²) in [4.78, 5) is 30.5. The predicted molar refractivity (Wildman–Crippen MR) is 101 cm³/mol. The lowest BCUT2D eigenvalue weighted by atomic mass is 10.1. The zero-order valence-corrected chi connectivity index (χ0v) is 15.5. The van der Waals surface area contributed by atoms with E-state index in [1.807, 2.05) is 24.3 Å². The Hall–Kier alpha value is -2.80. The van der Waals surface area contributed by atoms with Crippen LogP contribution >= 0.6 is 11.3 Å². The van der Waals surface area contributed by atoms with Crippen LogP contribution in [0.25, 0.3) is 10.2 Å². The van der Waals surface area contributed by atoms with Crippen molar-refractivity contribution in [3.05, 3.63) is 58.9 Å². The molecule has 7 heteroatoms. The minimum absolute atomic E-state index is 0.0637. The van der Waals surface area contributed by atoms with Crippen molar-refractivity contribution in [3.8, 4) is 0 Å². The van der Waals surface area contributed by atoms with E-state index in [2.05, 4.69) is 4.98 Å². The van der Waals surface area contributed by atoms with Crippen LogP contribution in [0.2, 0.25) is 0 Å². The number of carbonyl (C=O) groups is 2. The molecule has 0 unspecified atom stereocenters. The highest BCUT2D eigenvalue weighted by Gasteiger charge is 2.36. The first kappa shape index (κ1) is 17.6. The number of para-hydroxylation sites is 1. The van der Waals surface area contributed by atoms with Crippen LogP contribution in [0.5, 0.6) is 0 Å². The standard InChI is InChI=1S/C20H17FN2O3S/c1-12-6-7-14(9-15(12)21)23-10-13(8-19(23)24)20(25)26-11-18-22-16-4-2-3-5-17(16)27-18/h2-7,9,13H,8,10-11H2,1H3/t13-/m0/s1. The number of hydrogen-bond acceptors (Lipinski definition) is 5. The van der Waals surface area contributed by atoms with Crippen molar-refractivity contribution in [1.82, 2.24) is 4.98 Å². The van der Waals surface area contributed by atoms with Gasteiger partial charge in [0.15, 0.2) is 0 Å². The van der Waals surface area contributed by atoms with Gasteiger partial charge in [-0.05, 0) is 36.8 Å². The predicted octanol–water partition coefficient (Wildman–Crippen LogP) is 3.84. The molecule has 1 aliphatic heterocycles. The van der Waals surface area contributed by atoms with Gasteiger partial charge in [-0.2, -0.15) is 0 Å². The Bertz CT molecular complexity index is 1000. The summed E-state index contributed by atoms with van der Waals surface area (Å²) in [6, 6.07) is 12.3. The van der Waals surface area contributed by atoms with E-state index in [0.717, 1.165) is 10.2 Å². The Morgan fingerprint density at radius 1 is 1.33 bits per heavy atom. The lowest BCUT2D eigenvalue weighted by molar-refractivity contribution is -0.149. The van der Waals surface area contributed by atoms with E-state index >= 15 is 0 Å².